The van der Waals surface area contributed by atoms with Gasteiger partial charge in [-0.2, -0.15) is 5.10 Å². The molecular formula is C13H12Cl2N4O3. The fourth-order valence-electron chi connectivity index (χ4n) is 2.57. The molecule has 22 heavy (non-hydrogen) atoms. The number of nitrogens with zero attached hydrogens (tertiary/aromatic N) is 4. The van der Waals surface area contributed by atoms with E-state index in [2.05, 4.69) is 10.1 Å². The molecule has 1 N–H and O–H groups in total. The number of halogens is 2. The van der Waals surface area contributed by atoms with E-state index in [9.17, 15) is 14.7 Å². The Morgan fingerprint density at radius 3 is 2.91 bits per heavy atom. The average Bonchev–Trinajstić information content (AvgIpc) is 2.78. The number of aliphatic carboxylic acids is 1. The summed E-state index contributed by atoms with van der Waals surface area (Å²) in [5.74, 6) is -0.543. The zero-order valence-electron chi connectivity index (χ0n) is 11.4. The van der Waals surface area contributed by atoms with E-state index in [1.54, 1.807) is 0 Å². The van der Waals surface area contributed by atoms with Crippen LogP contribution in [0.2, 0.25) is 10.0 Å². The number of fused-ring (bicyclic) bond motifs is 1. The van der Waals surface area contributed by atoms with Crippen LogP contribution in [0.25, 0.3) is 0 Å². The first-order valence-corrected chi connectivity index (χ1v) is 7.44. The highest BCUT2D eigenvalue weighted by Gasteiger charge is 2.30. The van der Waals surface area contributed by atoms with Gasteiger partial charge in [-0.1, -0.05) is 23.2 Å². The molecule has 2 aromatic heterocycles. The number of hydrogen-bond acceptors (Lipinski definition) is 4. The van der Waals surface area contributed by atoms with E-state index in [0.29, 0.717) is 40.8 Å². The first-order valence-electron chi connectivity index (χ1n) is 6.68. The second-order valence-electron chi connectivity index (χ2n) is 5.05. The molecule has 0 bridgehead atoms. The Morgan fingerprint density at radius 1 is 1.45 bits per heavy atom. The minimum absolute atomic E-state index is 0.0706. The predicted molar refractivity (Wildman–Crippen MR) is 79.5 cm³/mol. The Hall–Kier alpha value is -1.86. The topological polar surface area (TPSA) is 90.0 Å². The number of pyridine rings is 1. The Balaban J connectivity index is 2.00. The van der Waals surface area contributed by atoms with E-state index in [-0.39, 0.29) is 6.54 Å². The molecule has 7 nitrogen and oxygen atoms in total. The first kappa shape index (κ1) is 15.1. The summed E-state index contributed by atoms with van der Waals surface area (Å²) in [5, 5.41) is 14.2. The maximum Gasteiger partial charge on any atom is 0.347 e. The van der Waals surface area contributed by atoms with Crippen LogP contribution in [0.1, 0.15) is 30.4 Å². The summed E-state index contributed by atoms with van der Waals surface area (Å²) in [6.07, 6.45) is 3.12. The lowest BCUT2D eigenvalue weighted by atomic mass is 10.1. The van der Waals surface area contributed by atoms with Crippen molar-refractivity contribution in [3.63, 3.8) is 0 Å². The van der Waals surface area contributed by atoms with Crippen molar-refractivity contribution >= 4 is 29.2 Å². The molecule has 0 saturated carbocycles. The quantitative estimate of drug-likeness (QED) is 0.917. The average molecular weight is 343 g/mol. The van der Waals surface area contributed by atoms with Crippen molar-refractivity contribution in [3.05, 3.63) is 44.3 Å². The van der Waals surface area contributed by atoms with Gasteiger partial charge < -0.3 is 5.11 Å². The van der Waals surface area contributed by atoms with Crippen molar-refractivity contribution in [1.82, 2.24) is 19.3 Å². The Labute approximate surface area is 135 Å². The van der Waals surface area contributed by atoms with Gasteiger partial charge in [0.1, 0.15) is 11.9 Å². The smallest absolute Gasteiger partial charge is 0.347 e. The molecule has 1 atom stereocenters. The normalized spacial score (nSPS) is 17.3. The fraction of sp³-hybridized carbons (Fsp3) is 0.385. The van der Waals surface area contributed by atoms with Gasteiger partial charge >= 0.3 is 11.7 Å². The SMILES string of the molecule is O=C(O)[C@@H]1CCCc2nn(Cc3ncc(Cl)cc3Cl)c(=O)n21. The standard InChI is InChI=1S/C13H12Cl2N4O3/c14-7-4-8(15)9(16-5-7)6-18-13(22)19-10(12(20)21)2-1-3-11(19)17-18/h4-5,10H,1-3,6H2,(H,20,21)/t10-/m0/s1. The monoisotopic (exact) mass is 342 g/mol. The van der Waals surface area contributed by atoms with Gasteiger partial charge in [0.15, 0.2) is 0 Å². The van der Waals surface area contributed by atoms with Crippen LogP contribution in [0.3, 0.4) is 0 Å². The molecule has 3 rings (SSSR count). The van der Waals surface area contributed by atoms with Crippen molar-refractivity contribution < 1.29 is 9.90 Å². The minimum atomic E-state index is -1.02. The van der Waals surface area contributed by atoms with E-state index in [0.717, 1.165) is 0 Å². The third-order valence-electron chi connectivity index (χ3n) is 3.60. The molecule has 0 aromatic carbocycles. The van der Waals surface area contributed by atoms with Gasteiger partial charge in [0.25, 0.3) is 0 Å². The zero-order chi connectivity index (χ0) is 15.9. The molecular weight excluding hydrogens is 331 g/mol. The molecule has 0 spiro atoms. The Bertz CT molecular complexity index is 799. The molecule has 0 fully saturated rings. The fourth-order valence-corrected chi connectivity index (χ4v) is 3.01. The van der Waals surface area contributed by atoms with Crippen LogP contribution in [0.15, 0.2) is 17.1 Å². The Kier molecular flexibility index (Phi) is 3.92. The Morgan fingerprint density at radius 2 is 2.23 bits per heavy atom. The lowest BCUT2D eigenvalue weighted by Crippen LogP contribution is -2.34. The number of aromatic nitrogens is 4. The van der Waals surface area contributed by atoms with E-state index in [1.165, 1.54) is 21.5 Å². The molecule has 2 aromatic rings. The van der Waals surface area contributed by atoms with E-state index in [4.69, 9.17) is 23.2 Å². The molecule has 3 heterocycles. The third-order valence-corrected chi connectivity index (χ3v) is 4.13. The van der Waals surface area contributed by atoms with Crippen LogP contribution in [-0.2, 0) is 17.8 Å². The van der Waals surface area contributed by atoms with Gasteiger partial charge in [0, 0.05) is 12.6 Å². The molecule has 0 amide bonds. The molecule has 1 aliphatic rings. The summed E-state index contributed by atoms with van der Waals surface area (Å²) in [4.78, 5) is 27.8. The lowest BCUT2D eigenvalue weighted by Gasteiger charge is -2.19. The summed E-state index contributed by atoms with van der Waals surface area (Å²) in [5.41, 5.74) is -0.00888. The van der Waals surface area contributed by atoms with Crippen LogP contribution in [-0.4, -0.2) is 30.4 Å². The minimum Gasteiger partial charge on any atom is -0.480 e. The summed E-state index contributed by atoms with van der Waals surface area (Å²) in [6, 6.07) is 0.672. The summed E-state index contributed by atoms with van der Waals surface area (Å²) >= 11 is 11.8. The van der Waals surface area contributed by atoms with Crippen molar-refractivity contribution in [3.8, 4) is 0 Å². The van der Waals surface area contributed by atoms with E-state index in [1.807, 2.05) is 0 Å². The highest BCUT2D eigenvalue weighted by Crippen LogP contribution is 2.23. The second kappa shape index (κ2) is 5.73. The van der Waals surface area contributed by atoms with Gasteiger partial charge in [0.05, 0.1) is 22.3 Å². The van der Waals surface area contributed by atoms with E-state index < -0.39 is 17.7 Å². The number of carboxylic acid groups (broad SMARTS) is 1. The summed E-state index contributed by atoms with van der Waals surface area (Å²) < 4.78 is 2.44. The van der Waals surface area contributed by atoms with Gasteiger partial charge in [-0.05, 0) is 18.9 Å². The third kappa shape index (κ3) is 2.62. The van der Waals surface area contributed by atoms with Crippen LogP contribution < -0.4 is 5.69 Å². The van der Waals surface area contributed by atoms with Crippen molar-refractivity contribution in [1.29, 1.82) is 0 Å². The van der Waals surface area contributed by atoms with Crippen molar-refractivity contribution in [2.75, 3.05) is 0 Å². The highest BCUT2D eigenvalue weighted by molar-refractivity contribution is 6.34. The number of carboxylic acids is 1. The second-order valence-corrected chi connectivity index (χ2v) is 5.90. The van der Waals surface area contributed by atoms with Crippen LogP contribution in [0, 0.1) is 0 Å². The maximum atomic E-state index is 12.4. The summed E-state index contributed by atoms with van der Waals surface area (Å²) in [7, 11) is 0. The molecule has 1 aliphatic heterocycles. The van der Waals surface area contributed by atoms with E-state index >= 15 is 0 Å². The number of hydrogen-bond donors (Lipinski definition) is 1. The first-order chi connectivity index (χ1) is 10.5. The van der Waals surface area contributed by atoms with Crippen molar-refractivity contribution in [2.45, 2.75) is 31.8 Å². The van der Waals surface area contributed by atoms with Gasteiger partial charge in [-0.25, -0.2) is 14.3 Å². The number of aryl methyl sites for hydroxylation is 1. The van der Waals surface area contributed by atoms with Gasteiger partial charge in [-0.15, -0.1) is 0 Å². The van der Waals surface area contributed by atoms with Crippen LogP contribution in [0.5, 0.6) is 0 Å². The molecule has 9 heteroatoms. The molecule has 0 aliphatic carbocycles. The van der Waals surface area contributed by atoms with Crippen molar-refractivity contribution in [2.24, 2.45) is 0 Å². The lowest BCUT2D eigenvalue weighted by molar-refractivity contribution is -0.141. The largest absolute Gasteiger partial charge is 0.480 e. The van der Waals surface area contributed by atoms with Gasteiger partial charge in [0.2, 0.25) is 0 Å². The highest BCUT2D eigenvalue weighted by atomic mass is 35.5. The van der Waals surface area contributed by atoms with Crippen LogP contribution >= 0.6 is 23.2 Å². The van der Waals surface area contributed by atoms with Gasteiger partial charge in [-0.3, -0.25) is 9.55 Å². The molecule has 0 unspecified atom stereocenters. The van der Waals surface area contributed by atoms with Crippen LogP contribution in [0.4, 0.5) is 0 Å². The maximum absolute atomic E-state index is 12.4. The number of carbonyl (C=O) groups is 1. The number of rotatable bonds is 3. The molecule has 116 valence electrons. The molecule has 0 radical (unpaired) electrons. The predicted octanol–water partition coefficient (Wildman–Crippen LogP) is 1.76. The zero-order valence-corrected chi connectivity index (χ0v) is 12.9. The molecule has 0 saturated heterocycles. The summed E-state index contributed by atoms with van der Waals surface area (Å²) in [6.45, 7) is 0.0706.